The highest BCUT2D eigenvalue weighted by atomic mass is 32.2. The molecular formula is C26H31N5OS. The topological polar surface area (TPSA) is 54.3 Å². The first kappa shape index (κ1) is 22.2. The van der Waals surface area contributed by atoms with E-state index in [1.165, 1.54) is 41.3 Å². The third-order valence-electron chi connectivity index (χ3n) is 6.61. The number of thioether (sulfide) groups is 1. The minimum absolute atomic E-state index is 0.171. The molecule has 0 spiro atoms. The van der Waals surface area contributed by atoms with Gasteiger partial charge in [0.1, 0.15) is 5.82 Å². The molecule has 0 saturated carbocycles. The van der Waals surface area contributed by atoms with Crippen LogP contribution in [0.15, 0.2) is 59.8 Å². The lowest BCUT2D eigenvalue weighted by Gasteiger charge is -2.30. The van der Waals surface area contributed by atoms with Crippen molar-refractivity contribution in [3.05, 3.63) is 77.1 Å². The maximum atomic E-state index is 13.3. The second kappa shape index (κ2) is 10.1. The summed E-state index contributed by atoms with van der Waals surface area (Å²) < 4.78 is 2.20. The minimum atomic E-state index is -0.214. The molecule has 0 bridgehead atoms. The lowest BCUT2D eigenvalue weighted by Crippen LogP contribution is -2.40. The Labute approximate surface area is 200 Å². The quantitative estimate of drug-likeness (QED) is 0.498. The van der Waals surface area contributed by atoms with E-state index in [4.69, 9.17) is 0 Å². The van der Waals surface area contributed by atoms with Crippen LogP contribution in [0.3, 0.4) is 0 Å². The van der Waals surface area contributed by atoms with Crippen LogP contribution in [-0.4, -0.2) is 55.4 Å². The highest BCUT2D eigenvalue weighted by molar-refractivity contribution is 8.00. The molecule has 1 atom stereocenters. The van der Waals surface area contributed by atoms with Crippen molar-refractivity contribution in [2.45, 2.75) is 56.2 Å². The van der Waals surface area contributed by atoms with Crippen molar-refractivity contribution >= 4 is 17.7 Å². The number of likely N-dealkylation sites (tertiary alicyclic amines) is 1. The average molecular weight is 462 g/mol. The van der Waals surface area contributed by atoms with Gasteiger partial charge >= 0.3 is 0 Å². The van der Waals surface area contributed by atoms with E-state index in [0.29, 0.717) is 6.54 Å². The van der Waals surface area contributed by atoms with Crippen molar-refractivity contribution < 1.29 is 4.79 Å². The molecule has 0 aliphatic carbocycles. The molecule has 3 aromatic rings. The number of aromatic nitrogens is 3. The molecule has 7 heteroatoms. The monoisotopic (exact) mass is 461 g/mol. The number of rotatable bonds is 7. The Morgan fingerprint density at radius 1 is 0.939 bits per heavy atom. The van der Waals surface area contributed by atoms with Crippen LogP contribution in [0.4, 0.5) is 0 Å². The summed E-state index contributed by atoms with van der Waals surface area (Å²) in [5.74, 6) is 1.15. The van der Waals surface area contributed by atoms with E-state index < -0.39 is 0 Å². The molecule has 2 aliphatic rings. The predicted octanol–water partition coefficient (Wildman–Crippen LogP) is 3.99. The van der Waals surface area contributed by atoms with Crippen molar-refractivity contribution in [1.82, 2.24) is 24.6 Å². The Hall–Kier alpha value is -2.64. The molecule has 1 aromatic heterocycles. The van der Waals surface area contributed by atoms with Gasteiger partial charge in [0.05, 0.1) is 18.3 Å². The second-order valence-corrected chi connectivity index (χ2v) is 10.3. The average Bonchev–Trinajstić information content (AvgIpc) is 3.50. The van der Waals surface area contributed by atoms with Crippen LogP contribution in [0, 0.1) is 0 Å². The maximum absolute atomic E-state index is 13.3. The van der Waals surface area contributed by atoms with E-state index in [1.54, 1.807) is 0 Å². The van der Waals surface area contributed by atoms with Crippen LogP contribution in [0.2, 0.25) is 0 Å². The van der Waals surface area contributed by atoms with Gasteiger partial charge in [-0.2, -0.15) is 0 Å². The van der Waals surface area contributed by atoms with E-state index in [9.17, 15) is 4.79 Å². The van der Waals surface area contributed by atoms with Gasteiger partial charge in [-0.1, -0.05) is 66.4 Å². The van der Waals surface area contributed by atoms with Crippen LogP contribution < -0.4 is 0 Å². The number of amides is 1. The SMILES string of the molecule is CC(Sc1nnc(CN2CCCC2)n1Cc1ccccc1)C(=O)N1CCc2ccccc2C1. The van der Waals surface area contributed by atoms with Crippen LogP contribution in [0.5, 0.6) is 0 Å². The number of carbonyl (C=O) groups excluding carboxylic acids is 1. The number of fused-ring (bicyclic) bond motifs is 1. The minimum Gasteiger partial charge on any atom is -0.337 e. The van der Waals surface area contributed by atoms with Crippen LogP contribution in [0.25, 0.3) is 0 Å². The summed E-state index contributed by atoms with van der Waals surface area (Å²) in [6, 6.07) is 18.9. The zero-order valence-electron chi connectivity index (χ0n) is 19.2. The number of carbonyl (C=O) groups is 1. The molecule has 1 unspecified atom stereocenters. The van der Waals surface area contributed by atoms with Gasteiger partial charge in [-0.15, -0.1) is 10.2 Å². The molecule has 0 radical (unpaired) electrons. The molecule has 1 amide bonds. The highest BCUT2D eigenvalue weighted by Crippen LogP contribution is 2.27. The fraction of sp³-hybridized carbons (Fsp3) is 0.423. The van der Waals surface area contributed by atoms with Gasteiger partial charge in [0.2, 0.25) is 5.91 Å². The van der Waals surface area contributed by atoms with Crippen LogP contribution in [0.1, 0.15) is 42.3 Å². The molecule has 5 rings (SSSR count). The summed E-state index contributed by atoms with van der Waals surface area (Å²) in [6.07, 6.45) is 3.42. The number of hydrogen-bond donors (Lipinski definition) is 0. The van der Waals surface area contributed by atoms with E-state index in [1.807, 2.05) is 17.9 Å². The Kier molecular flexibility index (Phi) is 6.78. The zero-order valence-corrected chi connectivity index (χ0v) is 20.0. The van der Waals surface area contributed by atoms with E-state index >= 15 is 0 Å². The summed E-state index contributed by atoms with van der Waals surface area (Å²) >= 11 is 1.53. The van der Waals surface area contributed by atoms with Crippen molar-refractivity contribution in [3.8, 4) is 0 Å². The van der Waals surface area contributed by atoms with Gasteiger partial charge in [0.15, 0.2) is 5.16 Å². The molecule has 172 valence electrons. The standard InChI is InChI=1S/C26H31N5OS/c1-20(25(32)30-16-13-22-11-5-6-12-23(22)18-30)33-26-28-27-24(19-29-14-7-8-15-29)31(26)17-21-9-3-2-4-10-21/h2-6,9-12,20H,7-8,13-19H2,1H3. The van der Waals surface area contributed by atoms with Crippen molar-refractivity contribution in [2.24, 2.45) is 0 Å². The summed E-state index contributed by atoms with van der Waals surface area (Å²) in [5, 5.41) is 9.70. The molecule has 3 heterocycles. The first-order chi connectivity index (χ1) is 16.2. The Morgan fingerprint density at radius 2 is 1.67 bits per heavy atom. The summed E-state index contributed by atoms with van der Waals surface area (Å²) in [7, 11) is 0. The van der Waals surface area contributed by atoms with E-state index in [-0.39, 0.29) is 11.2 Å². The van der Waals surface area contributed by atoms with E-state index in [0.717, 1.165) is 50.1 Å². The highest BCUT2D eigenvalue weighted by Gasteiger charge is 2.27. The molecular weight excluding hydrogens is 430 g/mol. The predicted molar refractivity (Wildman–Crippen MR) is 131 cm³/mol. The zero-order chi connectivity index (χ0) is 22.6. The summed E-state index contributed by atoms with van der Waals surface area (Å²) in [6.45, 7) is 7.23. The summed E-state index contributed by atoms with van der Waals surface area (Å²) in [4.78, 5) is 17.7. The van der Waals surface area contributed by atoms with Gasteiger partial charge in [0.25, 0.3) is 0 Å². The normalized spacial score (nSPS) is 17.2. The Bertz CT molecular complexity index is 1090. The largest absolute Gasteiger partial charge is 0.337 e. The lowest BCUT2D eigenvalue weighted by atomic mass is 10.00. The number of nitrogens with zero attached hydrogens (tertiary/aromatic N) is 5. The molecule has 33 heavy (non-hydrogen) atoms. The lowest BCUT2D eigenvalue weighted by molar-refractivity contribution is -0.131. The maximum Gasteiger partial charge on any atom is 0.236 e. The van der Waals surface area contributed by atoms with Gasteiger partial charge in [-0.25, -0.2) is 0 Å². The molecule has 6 nitrogen and oxygen atoms in total. The Morgan fingerprint density at radius 3 is 2.45 bits per heavy atom. The summed E-state index contributed by atoms with van der Waals surface area (Å²) in [5.41, 5.74) is 3.83. The first-order valence-electron chi connectivity index (χ1n) is 11.9. The van der Waals surface area contributed by atoms with Crippen LogP contribution in [-0.2, 0) is 30.8 Å². The molecule has 1 saturated heterocycles. The van der Waals surface area contributed by atoms with Gasteiger partial charge in [0, 0.05) is 13.1 Å². The van der Waals surface area contributed by atoms with Crippen LogP contribution >= 0.6 is 11.8 Å². The second-order valence-electron chi connectivity index (χ2n) is 8.99. The molecule has 2 aliphatic heterocycles. The van der Waals surface area contributed by atoms with Gasteiger partial charge in [-0.3, -0.25) is 9.69 Å². The van der Waals surface area contributed by atoms with Gasteiger partial charge < -0.3 is 9.47 Å². The fourth-order valence-electron chi connectivity index (χ4n) is 4.74. The fourth-order valence-corrected chi connectivity index (χ4v) is 5.69. The van der Waals surface area contributed by atoms with Crippen molar-refractivity contribution in [2.75, 3.05) is 19.6 Å². The number of hydrogen-bond acceptors (Lipinski definition) is 5. The van der Waals surface area contributed by atoms with Crippen molar-refractivity contribution in [1.29, 1.82) is 0 Å². The molecule has 1 fully saturated rings. The number of benzene rings is 2. The molecule has 0 N–H and O–H groups in total. The molecule has 2 aromatic carbocycles. The third-order valence-corrected chi connectivity index (χ3v) is 7.68. The third kappa shape index (κ3) is 5.14. The van der Waals surface area contributed by atoms with Crippen molar-refractivity contribution in [3.63, 3.8) is 0 Å². The Balaban J connectivity index is 1.32. The smallest absolute Gasteiger partial charge is 0.236 e. The van der Waals surface area contributed by atoms with Gasteiger partial charge in [-0.05, 0) is 56.0 Å². The first-order valence-corrected chi connectivity index (χ1v) is 12.8. The van der Waals surface area contributed by atoms with E-state index in [2.05, 4.69) is 68.2 Å².